The number of nitrogens with zero attached hydrogens (tertiary/aromatic N) is 1. The zero-order valence-electron chi connectivity index (χ0n) is 11.8. The number of Topliss-reactive ketones (excluding diaryl/α,β-unsaturated/α-hetero) is 1. The monoisotopic (exact) mass is 285 g/mol. The van der Waals surface area contributed by atoms with E-state index in [1.54, 1.807) is 6.92 Å². The van der Waals surface area contributed by atoms with Crippen LogP contribution in [-0.2, 0) is 0 Å². The van der Waals surface area contributed by atoms with Gasteiger partial charge >= 0.3 is 0 Å². The number of ketones is 1. The largest absolute Gasteiger partial charge is 0.436 e. The lowest BCUT2D eigenvalue weighted by Gasteiger charge is -2.07. The van der Waals surface area contributed by atoms with Crippen molar-refractivity contribution >= 4 is 5.78 Å². The zero-order valence-corrected chi connectivity index (χ0v) is 11.8. The number of hydrogen-bond donors (Lipinski definition) is 0. The summed E-state index contributed by atoms with van der Waals surface area (Å²) >= 11 is 0. The second-order valence-corrected chi connectivity index (χ2v) is 5.23. The fourth-order valence-electron chi connectivity index (χ4n) is 2.19. The Kier molecular flexibility index (Phi) is 3.69. The van der Waals surface area contributed by atoms with Crippen LogP contribution in [0.3, 0.4) is 0 Å². The van der Waals surface area contributed by atoms with Crippen LogP contribution < -0.4 is 4.74 Å². The first-order valence-corrected chi connectivity index (χ1v) is 7.14. The minimum absolute atomic E-state index is 0.109. The molecule has 0 amide bonds. The van der Waals surface area contributed by atoms with Crippen LogP contribution in [0.25, 0.3) is 0 Å². The number of pyridine rings is 1. The molecule has 0 bridgehead atoms. The van der Waals surface area contributed by atoms with Gasteiger partial charge in [-0.1, -0.05) is 19.1 Å². The second kappa shape index (κ2) is 5.64. The summed E-state index contributed by atoms with van der Waals surface area (Å²) in [4.78, 5) is 15.4. The molecule has 3 rings (SSSR count). The van der Waals surface area contributed by atoms with Gasteiger partial charge in [-0.2, -0.15) is 0 Å². The Morgan fingerprint density at radius 3 is 2.62 bits per heavy atom. The van der Waals surface area contributed by atoms with Gasteiger partial charge in [0.2, 0.25) is 0 Å². The third-order valence-electron chi connectivity index (χ3n) is 3.59. The van der Waals surface area contributed by atoms with Crippen LogP contribution in [0.2, 0.25) is 0 Å². The first-order chi connectivity index (χ1) is 10.2. The predicted octanol–water partition coefficient (Wildman–Crippen LogP) is 4.48. The number of carbonyl (C=O) groups is 1. The van der Waals surface area contributed by atoms with Crippen molar-refractivity contribution in [2.45, 2.75) is 32.1 Å². The van der Waals surface area contributed by atoms with E-state index in [1.165, 1.54) is 30.7 Å². The molecule has 1 fully saturated rings. The molecule has 1 heterocycles. The van der Waals surface area contributed by atoms with Crippen molar-refractivity contribution in [2.75, 3.05) is 0 Å². The lowest BCUT2D eigenvalue weighted by atomic mass is 10.1. The molecule has 0 saturated heterocycles. The summed E-state index contributed by atoms with van der Waals surface area (Å²) in [6.45, 7) is 1.73. The van der Waals surface area contributed by atoms with E-state index in [0.29, 0.717) is 18.1 Å². The van der Waals surface area contributed by atoms with E-state index >= 15 is 0 Å². The van der Waals surface area contributed by atoms with E-state index in [1.807, 2.05) is 24.3 Å². The van der Waals surface area contributed by atoms with Gasteiger partial charge in [0.15, 0.2) is 11.6 Å². The van der Waals surface area contributed by atoms with E-state index in [0.717, 1.165) is 0 Å². The fourth-order valence-corrected chi connectivity index (χ4v) is 2.19. The quantitative estimate of drug-likeness (QED) is 0.760. The molecule has 0 radical (unpaired) electrons. The summed E-state index contributed by atoms with van der Waals surface area (Å²) in [5, 5.41) is 0. The Labute approximate surface area is 122 Å². The molecule has 21 heavy (non-hydrogen) atoms. The van der Waals surface area contributed by atoms with Crippen molar-refractivity contribution < 1.29 is 13.9 Å². The normalized spacial score (nSPS) is 14.0. The van der Waals surface area contributed by atoms with Crippen molar-refractivity contribution in [1.29, 1.82) is 0 Å². The molecule has 0 unspecified atom stereocenters. The lowest BCUT2D eigenvalue weighted by Crippen LogP contribution is -2.00. The molecule has 1 aliphatic carbocycles. The lowest BCUT2D eigenvalue weighted by molar-refractivity contribution is 0.0987. The smallest absolute Gasteiger partial charge is 0.255 e. The van der Waals surface area contributed by atoms with Crippen LogP contribution in [0, 0.1) is 5.82 Å². The number of aromatic nitrogens is 1. The SMILES string of the molecule is CCC(=O)c1cnc(Oc2ccc(C3CC3)cc2)c(F)c1. The number of ether oxygens (including phenoxy) is 1. The van der Waals surface area contributed by atoms with Gasteiger partial charge in [-0.15, -0.1) is 0 Å². The highest BCUT2D eigenvalue weighted by atomic mass is 19.1. The third kappa shape index (κ3) is 3.10. The number of hydrogen-bond acceptors (Lipinski definition) is 3. The molecule has 1 saturated carbocycles. The summed E-state index contributed by atoms with van der Waals surface area (Å²) in [5.74, 6) is 0.345. The van der Waals surface area contributed by atoms with Gasteiger partial charge in [0, 0.05) is 18.2 Å². The van der Waals surface area contributed by atoms with Crippen LogP contribution in [0.1, 0.15) is 48.0 Å². The number of carbonyl (C=O) groups excluding carboxylic acids is 1. The first kappa shape index (κ1) is 13.7. The molecule has 0 spiro atoms. The Hall–Kier alpha value is -2.23. The van der Waals surface area contributed by atoms with Gasteiger partial charge in [0.25, 0.3) is 5.88 Å². The average Bonchev–Trinajstić information content (AvgIpc) is 3.34. The van der Waals surface area contributed by atoms with Crippen molar-refractivity contribution in [3.63, 3.8) is 0 Å². The minimum atomic E-state index is -0.624. The maximum atomic E-state index is 13.9. The van der Waals surface area contributed by atoms with Gasteiger partial charge in [0.05, 0.1) is 0 Å². The average molecular weight is 285 g/mol. The maximum Gasteiger partial charge on any atom is 0.255 e. The van der Waals surface area contributed by atoms with Crippen molar-refractivity contribution in [3.8, 4) is 11.6 Å². The van der Waals surface area contributed by atoms with Crippen molar-refractivity contribution in [2.24, 2.45) is 0 Å². The Bertz CT molecular complexity index is 663. The first-order valence-electron chi connectivity index (χ1n) is 7.14. The number of rotatable bonds is 5. The van der Waals surface area contributed by atoms with Crippen molar-refractivity contribution in [3.05, 3.63) is 53.5 Å². The van der Waals surface area contributed by atoms with E-state index in [2.05, 4.69) is 4.98 Å². The molecule has 4 heteroatoms. The molecule has 3 nitrogen and oxygen atoms in total. The maximum absolute atomic E-state index is 13.9. The highest BCUT2D eigenvalue weighted by Crippen LogP contribution is 2.40. The van der Waals surface area contributed by atoms with Crippen LogP contribution >= 0.6 is 0 Å². The molecule has 1 aliphatic rings. The number of halogens is 1. The second-order valence-electron chi connectivity index (χ2n) is 5.23. The topological polar surface area (TPSA) is 39.2 Å². The van der Waals surface area contributed by atoms with E-state index < -0.39 is 5.82 Å². The third-order valence-corrected chi connectivity index (χ3v) is 3.59. The molecule has 2 aromatic rings. The van der Waals surface area contributed by atoms with Crippen molar-refractivity contribution in [1.82, 2.24) is 4.98 Å². The van der Waals surface area contributed by atoms with Crippen LogP contribution in [-0.4, -0.2) is 10.8 Å². The van der Waals surface area contributed by atoms with Crippen LogP contribution in [0.15, 0.2) is 36.5 Å². The fraction of sp³-hybridized carbons (Fsp3) is 0.294. The van der Waals surface area contributed by atoms with Crippen LogP contribution in [0.4, 0.5) is 4.39 Å². The van der Waals surface area contributed by atoms with E-state index in [9.17, 15) is 9.18 Å². The Morgan fingerprint density at radius 1 is 1.33 bits per heavy atom. The van der Waals surface area contributed by atoms with Gasteiger partial charge in [-0.25, -0.2) is 9.37 Å². The Balaban J connectivity index is 1.76. The molecule has 1 aromatic carbocycles. The summed E-state index contributed by atoms with van der Waals surface area (Å²) in [6.07, 6.45) is 4.15. The summed E-state index contributed by atoms with van der Waals surface area (Å²) in [7, 11) is 0. The highest BCUT2D eigenvalue weighted by molar-refractivity contribution is 5.95. The standard InChI is InChI=1S/C17H16FNO2/c1-2-16(20)13-9-15(18)17(19-10-13)21-14-7-5-12(6-8-14)11-3-4-11/h5-11H,2-4H2,1H3. The molecule has 0 atom stereocenters. The van der Waals surface area contributed by atoms with Gasteiger partial charge in [-0.3, -0.25) is 4.79 Å². The van der Waals surface area contributed by atoms with Crippen LogP contribution in [0.5, 0.6) is 11.6 Å². The molecular weight excluding hydrogens is 269 g/mol. The summed E-state index contributed by atoms with van der Waals surface area (Å²) in [6, 6.07) is 8.81. The molecule has 108 valence electrons. The summed E-state index contributed by atoms with van der Waals surface area (Å²) < 4.78 is 19.3. The minimum Gasteiger partial charge on any atom is -0.436 e. The molecule has 0 N–H and O–H groups in total. The van der Waals surface area contributed by atoms with E-state index in [-0.39, 0.29) is 17.2 Å². The van der Waals surface area contributed by atoms with Gasteiger partial charge < -0.3 is 4.74 Å². The molecular formula is C17H16FNO2. The van der Waals surface area contributed by atoms with Gasteiger partial charge in [-0.05, 0) is 42.5 Å². The van der Waals surface area contributed by atoms with Gasteiger partial charge in [0.1, 0.15) is 5.75 Å². The highest BCUT2D eigenvalue weighted by Gasteiger charge is 2.23. The molecule has 0 aliphatic heterocycles. The molecule has 1 aromatic heterocycles. The Morgan fingerprint density at radius 2 is 2.05 bits per heavy atom. The predicted molar refractivity (Wildman–Crippen MR) is 77.3 cm³/mol. The number of benzene rings is 1. The van der Waals surface area contributed by atoms with E-state index in [4.69, 9.17) is 4.74 Å². The zero-order chi connectivity index (χ0) is 14.8. The summed E-state index contributed by atoms with van der Waals surface area (Å²) in [5.41, 5.74) is 1.56.